The molecule has 0 unspecified atom stereocenters. The first-order chi connectivity index (χ1) is 44.5. The summed E-state index contributed by atoms with van der Waals surface area (Å²) in [6, 6.07) is -1.01. The number of fused-ring (bicyclic) bond motifs is 5. The third kappa shape index (κ3) is 32.2. The van der Waals surface area contributed by atoms with Crippen molar-refractivity contribution in [2.45, 2.75) is 170 Å². The Hall–Kier alpha value is -3.23. The van der Waals surface area contributed by atoms with Crippen LogP contribution in [-0.4, -0.2) is 225 Å². The number of carbonyl (C=O) groups is 5. The quantitative estimate of drug-likeness (QED) is 0.0292. The fourth-order valence-corrected chi connectivity index (χ4v) is 14.2. The van der Waals surface area contributed by atoms with Crippen LogP contribution in [0.15, 0.2) is 11.6 Å². The second-order valence-corrected chi connectivity index (χ2v) is 26.4. The van der Waals surface area contributed by atoms with E-state index in [4.69, 9.17) is 71.4 Å². The Balaban J connectivity index is 0.800. The topological polar surface area (TPSA) is 259 Å². The zero-order valence-electron chi connectivity index (χ0n) is 58.0. The summed E-state index contributed by atoms with van der Waals surface area (Å²) in [5, 5.41) is 14.2. The first-order valence-corrected chi connectivity index (χ1v) is 35.2. The van der Waals surface area contributed by atoms with E-state index in [1.165, 1.54) is 58.3 Å². The number of allylic oxidation sites excluding steroid dienone is 1. The van der Waals surface area contributed by atoms with Gasteiger partial charge in [-0.3, -0.25) is 24.0 Å². The lowest BCUT2D eigenvalue weighted by Crippen LogP contribution is -2.51. The van der Waals surface area contributed by atoms with Gasteiger partial charge in [-0.05, 0) is 117 Å². The summed E-state index contributed by atoms with van der Waals surface area (Å²) in [6.07, 6.45) is 17.5. The number of hydrogen-bond acceptors (Lipinski definition) is 19. The standard InChI is InChI=1S/C70H124N2O20/c1-9-57(53(2)3)13-12-54(4)62-16-17-63-61-15-14-58-52-60(18-22-69(58,7)64(61)19-23-70(62,63)8)92-66(75)11-10-24-71-65(74)21-26-80-28-30-82-32-34-84-36-38-86-40-42-88-44-46-90-48-50-91-49-47-89-45-43-87-41-39-85-37-35-83-33-31-81-29-27-79-25-20-59(73)51-55(5)67(76)72-56(6)68(77)78/h14,53-57,60-64H,9-13,15-52H2,1-8H3,(H,71,74)(H,72,76)(H,77,78)/t54-,55-,56+,57-,60+,61+,62-,63+,64+,69+,70-/m1/s1. The van der Waals surface area contributed by atoms with Crippen LogP contribution in [0.3, 0.4) is 0 Å². The molecule has 22 heteroatoms. The van der Waals surface area contributed by atoms with Crippen molar-refractivity contribution in [3.05, 3.63) is 11.6 Å². The number of ketones is 1. The maximum absolute atomic E-state index is 12.9. The summed E-state index contributed by atoms with van der Waals surface area (Å²) in [6.45, 7) is 29.3. The normalized spacial score (nSPS) is 23.2. The van der Waals surface area contributed by atoms with Gasteiger partial charge in [0.2, 0.25) is 11.8 Å². The van der Waals surface area contributed by atoms with E-state index in [2.05, 4.69) is 58.3 Å². The van der Waals surface area contributed by atoms with Crippen LogP contribution in [0, 0.1) is 58.2 Å². The van der Waals surface area contributed by atoms with E-state index < -0.39 is 23.8 Å². The Morgan fingerprint density at radius 3 is 1.46 bits per heavy atom. The van der Waals surface area contributed by atoms with Crippen LogP contribution < -0.4 is 10.6 Å². The van der Waals surface area contributed by atoms with Crippen LogP contribution in [0.25, 0.3) is 0 Å². The second kappa shape index (κ2) is 48.5. The predicted molar refractivity (Wildman–Crippen MR) is 348 cm³/mol. The molecular weight excluding hydrogens is 1190 g/mol. The second-order valence-electron chi connectivity index (χ2n) is 26.4. The molecule has 4 aliphatic rings. The first-order valence-electron chi connectivity index (χ1n) is 35.2. The third-order valence-corrected chi connectivity index (χ3v) is 19.6. The van der Waals surface area contributed by atoms with Crippen molar-refractivity contribution in [2.75, 3.05) is 178 Å². The van der Waals surface area contributed by atoms with E-state index in [0.717, 1.165) is 60.7 Å². The van der Waals surface area contributed by atoms with Gasteiger partial charge in [-0.1, -0.05) is 73.0 Å². The third-order valence-electron chi connectivity index (χ3n) is 19.6. The van der Waals surface area contributed by atoms with Gasteiger partial charge in [0.05, 0.1) is 172 Å². The molecule has 11 atom stereocenters. The molecule has 0 bridgehead atoms. The Kier molecular flexibility index (Phi) is 42.8. The molecule has 4 aliphatic carbocycles. The van der Waals surface area contributed by atoms with Crippen molar-refractivity contribution >= 4 is 29.5 Å². The fourth-order valence-electron chi connectivity index (χ4n) is 14.2. The van der Waals surface area contributed by atoms with Gasteiger partial charge in [0.15, 0.2) is 0 Å². The van der Waals surface area contributed by atoms with Gasteiger partial charge in [0.25, 0.3) is 0 Å². The van der Waals surface area contributed by atoms with Crippen molar-refractivity contribution in [2.24, 2.45) is 58.2 Å². The van der Waals surface area contributed by atoms with Crippen LogP contribution in [0.4, 0.5) is 0 Å². The summed E-state index contributed by atoms with van der Waals surface area (Å²) in [5.74, 6) is 3.06. The number of amides is 2. The summed E-state index contributed by atoms with van der Waals surface area (Å²) in [4.78, 5) is 60.2. The molecule has 3 N–H and O–H groups in total. The molecule has 0 aromatic rings. The lowest BCUT2D eigenvalue weighted by molar-refractivity contribution is -0.151. The van der Waals surface area contributed by atoms with E-state index in [0.29, 0.717) is 190 Å². The van der Waals surface area contributed by atoms with Crippen molar-refractivity contribution in [1.29, 1.82) is 0 Å². The number of esters is 1. The molecule has 534 valence electrons. The van der Waals surface area contributed by atoms with Crippen molar-refractivity contribution in [1.82, 2.24) is 10.6 Å². The number of rotatable bonds is 58. The minimum atomic E-state index is -1.13. The van der Waals surface area contributed by atoms with Gasteiger partial charge < -0.3 is 82.1 Å². The van der Waals surface area contributed by atoms with Crippen LogP contribution in [0.5, 0.6) is 0 Å². The molecule has 0 aromatic heterocycles. The number of nitrogens with one attached hydrogen (secondary N) is 2. The minimum absolute atomic E-state index is 0.0206. The highest BCUT2D eigenvalue weighted by atomic mass is 16.6. The van der Waals surface area contributed by atoms with E-state index in [9.17, 15) is 24.0 Å². The highest BCUT2D eigenvalue weighted by Crippen LogP contribution is 2.67. The Bertz CT molecular complexity index is 2030. The molecule has 92 heavy (non-hydrogen) atoms. The van der Waals surface area contributed by atoms with E-state index >= 15 is 0 Å². The summed E-state index contributed by atoms with van der Waals surface area (Å²) in [5.41, 5.74) is 2.25. The zero-order chi connectivity index (χ0) is 66.7. The molecule has 0 saturated heterocycles. The molecule has 22 nitrogen and oxygen atoms in total. The zero-order valence-corrected chi connectivity index (χ0v) is 58.0. The van der Waals surface area contributed by atoms with Crippen molar-refractivity contribution < 1.29 is 95.4 Å². The average Bonchev–Trinajstić information content (AvgIpc) is 1.32. The van der Waals surface area contributed by atoms with Crippen LogP contribution in [0.1, 0.15) is 158 Å². The lowest BCUT2D eigenvalue weighted by atomic mass is 9.47. The molecule has 4 rings (SSSR count). The average molecular weight is 1310 g/mol. The van der Waals surface area contributed by atoms with Gasteiger partial charge in [0.1, 0.15) is 17.9 Å². The smallest absolute Gasteiger partial charge is 0.325 e. The van der Waals surface area contributed by atoms with Gasteiger partial charge in [-0.2, -0.15) is 0 Å². The maximum Gasteiger partial charge on any atom is 0.325 e. The summed E-state index contributed by atoms with van der Waals surface area (Å²) >= 11 is 0. The molecule has 2 amide bonds. The molecule has 0 aromatic carbocycles. The monoisotopic (exact) mass is 1310 g/mol. The van der Waals surface area contributed by atoms with Gasteiger partial charge in [-0.15, -0.1) is 0 Å². The highest BCUT2D eigenvalue weighted by molar-refractivity contribution is 5.89. The van der Waals surface area contributed by atoms with Crippen LogP contribution in [-0.2, 0) is 90.3 Å². The Morgan fingerprint density at radius 2 is 1.01 bits per heavy atom. The van der Waals surface area contributed by atoms with Crippen molar-refractivity contribution in [3.8, 4) is 0 Å². The van der Waals surface area contributed by atoms with Gasteiger partial charge in [-0.25, -0.2) is 0 Å². The number of Topliss-reactive ketones (excluding diaryl/α,β-unsaturated/α-hetero) is 1. The SMILES string of the molecule is CC[C@H](CC[C@@H](C)[C@H]1CC[C@H]2[C@@H]3CC=C4C[C@@H](OC(=O)CCCNC(=O)CCOCCOCCOCCOCCOCCOCCOCCOCCOCCOCCOCCOCCOCCC(=O)C[C@@H](C)C(=O)N[C@@H](C)C(=O)O)CC[C@]4(C)[C@H]3CC[C@]12C)C(C)C. The molecular formula is C70H124N2O20. The molecule has 0 spiro atoms. The number of carbonyl (C=O) groups excluding carboxylic acids is 4. The molecule has 0 heterocycles. The van der Waals surface area contributed by atoms with Gasteiger partial charge in [0, 0.05) is 44.6 Å². The predicted octanol–water partition coefficient (Wildman–Crippen LogP) is 8.65. The number of ether oxygens (including phenoxy) is 14. The number of hydrogen-bond donors (Lipinski definition) is 3. The Morgan fingerprint density at radius 1 is 0.554 bits per heavy atom. The highest BCUT2D eigenvalue weighted by Gasteiger charge is 2.59. The molecule has 3 fully saturated rings. The largest absolute Gasteiger partial charge is 0.480 e. The van der Waals surface area contributed by atoms with E-state index in [-0.39, 0.29) is 55.0 Å². The van der Waals surface area contributed by atoms with Crippen molar-refractivity contribution in [3.63, 3.8) is 0 Å². The number of aliphatic carboxylic acids is 1. The molecule has 0 aliphatic heterocycles. The lowest BCUT2D eigenvalue weighted by Gasteiger charge is -2.58. The number of carboxylic acid groups (broad SMARTS) is 1. The van der Waals surface area contributed by atoms with E-state index in [1.54, 1.807) is 12.5 Å². The van der Waals surface area contributed by atoms with Crippen LogP contribution >= 0.6 is 0 Å². The first kappa shape index (κ1) is 81.2. The molecule has 3 saturated carbocycles. The number of carboxylic acids is 1. The summed E-state index contributed by atoms with van der Waals surface area (Å²) in [7, 11) is 0. The van der Waals surface area contributed by atoms with E-state index in [1.807, 2.05) is 0 Å². The summed E-state index contributed by atoms with van der Waals surface area (Å²) < 4.78 is 77.8. The minimum Gasteiger partial charge on any atom is -0.480 e. The Labute approximate surface area is 551 Å². The van der Waals surface area contributed by atoms with Gasteiger partial charge >= 0.3 is 11.9 Å². The molecule has 0 radical (unpaired) electrons. The fraction of sp³-hybridized carbons (Fsp3) is 0.900. The maximum atomic E-state index is 12.9. The van der Waals surface area contributed by atoms with Crippen LogP contribution in [0.2, 0.25) is 0 Å².